The van der Waals surface area contributed by atoms with Gasteiger partial charge in [-0.25, -0.2) is 13.1 Å². The van der Waals surface area contributed by atoms with E-state index >= 15 is 0 Å². The zero-order valence-corrected chi connectivity index (χ0v) is 14.9. The average molecular weight is 367 g/mol. The van der Waals surface area contributed by atoms with E-state index in [4.69, 9.17) is 23.2 Å². The van der Waals surface area contributed by atoms with E-state index in [0.29, 0.717) is 13.1 Å². The van der Waals surface area contributed by atoms with Crippen LogP contribution >= 0.6 is 23.2 Å². The minimum absolute atomic E-state index is 0.0211. The Morgan fingerprint density at radius 1 is 1.14 bits per heavy atom. The summed E-state index contributed by atoms with van der Waals surface area (Å²) in [6.45, 7) is 4.89. The van der Waals surface area contributed by atoms with Crippen molar-refractivity contribution in [1.82, 2.24) is 9.62 Å². The largest absolute Gasteiger partial charge is 0.342 e. The lowest BCUT2D eigenvalue weighted by molar-refractivity contribution is -0.130. The first kappa shape index (κ1) is 19.2. The Bertz CT molecular complexity index is 615. The number of hydrogen-bond donors (Lipinski definition) is 1. The van der Waals surface area contributed by atoms with Gasteiger partial charge < -0.3 is 4.90 Å². The number of carbonyl (C=O) groups excluding carboxylic acids is 1. The zero-order chi connectivity index (χ0) is 16.8. The SMILES string of the molecule is CCCN(CCC)C(=O)CNS(=O)(=O)c1ccc(Cl)c(Cl)c1. The van der Waals surface area contributed by atoms with Crippen LogP contribution in [0.3, 0.4) is 0 Å². The van der Waals surface area contributed by atoms with Crippen LogP contribution in [0.5, 0.6) is 0 Å². The van der Waals surface area contributed by atoms with Crippen molar-refractivity contribution in [1.29, 1.82) is 0 Å². The van der Waals surface area contributed by atoms with Crippen molar-refractivity contribution < 1.29 is 13.2 Å². The second-order valence-electron chi connectivity index (χ2n) is 4.78. The van der Waals surface area contributed by atoms with Crippen molar-refractivity contribution in [2.75, 3.05) is 19.6 Å². The smallest absolute Gasteiger partial charge is 0.241 e. The molecule has 5 nitrogen and oxygen atoms in total. The molecule has 124 valence electrons. The van der Waals surface area contributed by atoms with Crippen LogP contribution in [0.2, 0.25) is 10.0 Å². The minimum Gasteiger partial charge on any atom is -0.342 e. The first-order chi connectivity index (χ1) is 10.3. The molecule has 1 aromatic carbocycles. The number of hydrogen-bond acceptors (Lipinski definition) is 3. The van der Waals surface area contributed by atoms with Gasteiger partial charge in [-0.2, -0.15) is 0 Å². The predicted octanol–water partition coefficient (Wildman–Crippen LogP) is 2.92. The summed E-state index contributed by atoms with van der Waals surface area (Å²) in [6.07, 6.45) is 1.65. The Balaban J connectivity index is 2.76. The molecule has 0 bridgehead atoms. The minimum atomic E-state index is -3.80. The summed E-state index contributed by atoms with van der Waals surface area (Å²) in [5.74, 6) is -0.243. The lowest BCUT2D eigenvalue weighted by atomic mass is 10.3. The van der Waals surface area contributed by atoms with Gasteiger partial charge in [0, 0.05) is 13.1 Å². The summed E-state index contributed by atoms with van der Waals surface area (Å²) in [7, 11) is -3.80. The highest BCUT2D eigenvalue weighted by atomic mass is 35.5. The number of amides is 1. The highest BCUT2D eigenvalue weighted by molar-refractivity contribution is 7.89. The van der Waals surface area contributed by atoms with E-state index in [0.717, 1.165) is 12.8 Å². The van der Waals surface area contributed by atoms with E-state index in [1.165, 1.54) is 18.2 Å². The Morgan fingerprint density at radius 3 is 2.23 bits per heavy atom. The molecule has 0 atom stereocenters. The summed E-state index contributed by atoms with van der Waals surface area (Å²) in [6, 6.07) is 4.00. The van der Waals surface area contributed by atoms with Gasteiger partial charge in [-0.1, -0.05) is 37.0 Å². The predicted molar refractivity (Wildman–Crippen MR) is 88.8 cm³/mol. The Hall–Kier alpha value is -0.820. The fourth-order valence-corrected chi connectivity index (χ4v) is 3.26. The third-order valence-electron chi connectivity index (χ3n) is 2.95. The van der Waals surface area contributed by atoms with Crippen LogP contribution in [0, 0.1) is 0 Å². The molecule has 0 saturated heterocycles. The van der Waals surface area contributed by atoms with E-state index in [1.807, 2.05) is 13.8 Å². The van der Waals surface area contributed by atoms with Gasteiger partial charge >= 0.3 is 0 Å². The van der Waals surface area contributed by atoms with Gasteiger partial charge in [-0.3, -0.25) is 4.79 Å². The van der Waals surface area contributed by atoms with Gasteiger partial charge in [0.2, 0.25) is 15.9 Å². The normalized spacial score (nSPS) is 11.5. The van der Waals surface area contributed by atoms with Gasteiger partial charge in [0.15, 0.2) is 0 Å². The standard InChI is InChI=1S/C14H20Cl2N2O3S/c1-3-7-18(8-4-2)14(19)10-17-22(20,21)11-5-6-12(15)13(16)9-11/h5-6,9,17H,3-4,7-8,10H2,1-2H3. The number of nitrogens with one attached hydrogen (secondary N) is 1. The Morgan fingerprint density at radius 2 is 1.73 bits per heavy atom. The van der Waals surface area contributed by atoms with Crippen molar-refractivity contribution in [3.8, 4) is 0 Å². The van der Waals surface area contributed by atoms with Gasteiger partial charge in [0.1, 0.15) is 0 Å². The number of halogens is 2. The van der Waals surface area contributed by atoms with Gasteiger partial charge in [0.05, 0.1) is 21.5 Å². The molecule has 0 unspecified atom stereocenters. The monoisotopic (exact) mass is 366 g/mol. The fourth-order valence-electron chi connectivity index (χ4n) is 1.90. The number of carbonyl (C=O) groups is 1. The van der Waals surface area contributed by atoms with Crippen molar-refractivity contribution in [3.63, 3.8) is 0 Å². The lowest BCUT2D eigenvalue weighted by Crippen LogP contribution is -2.40. The van der Waals surface area contributed by atoms with Crippen molar-refractivity contribution >= 4 is 39.1 Å². The van der Waals surface area contributed by atoms with E-state index in [-0.39, 0.29) is 27.4 Å². The molecule has 0 aromatic heterocycles. The molecule has 0 aliphatic carbocycles. The Labute approximate surface area is 141 Å². The molecular weight excluding hydrogens is 347 g/mol. The molecule has 1 rings (SSSR count). The second kappa shape index (κ2) is 8.72. The molecule has 0 saturated carbocycles. The third-order valence-corrected chi connectivity index (χ3v) is 5.09. The maximum atomic E-state index is 12.2. The van der Waals surface area contributed by atoms with Crippen LogP contribution in [0.1, 0.15) is 26.7 Å². The highest BCUT2D eigenvalue weighted by Crippen LogP contribution is 2.24. The molecule has 8 heteroatoms. The lowest BCUT2D eigenvalue weighted by Gasteiger charge is -2.21. The topological polar surface area (TPSA) is 66.5 Å². The van der Waals surface area contributed by atoms with E-state index in [9.17, 15) is 13.2 Å². The van der Waals surface area contributed by atoms with Crippen LogP contribution in [-0.2, 0) is 14.8 Å². The van der Waals surface area contributed by atoms with Crippen LogP contribution < -0.4 is 4.72 Å². The fraction of sp³-hybridized carbons (Fsp3) is 0.500. The summed E-state index contributed by atoms with van der Waals surface area (Å²) in [5, 5.41) is 0.420. The highest BCUT2D eigenvalue weighted by Gasteiger charge is 2.19. The van der Waals surface area contributed by atoms with Crippen LogP contribution in [-0.4, -0.2) is 38.9 Å². The first-order valence-electron chi connectivity index (χ1n) is 7.04. The average Bonchev–Trinajstić information content (AvgIpc) is 2.47. The van der Waals surface area contributed by atoms with E-state index in [2.05, 4.69) is 4.72 Å². The molecule has 22 heavy (non-hydrogen) atoms. The van der Waals surface area contributed by atoms with Crippen LogP contribution in [0.25, 0.3) is 0 Å². The first-order valence-corrected chi connectivity index (χ1v) is 9.28. The molecule has 0 aliphatic rings. The van der Waals surface area contributed by atoms with Crippen molar-refractivity contribution in [3.05, 3.63) is 28.2 Å². The van der Waals surface area contributed by atoms with Gasteiger partial charge in [-0.05, 0) is 31.0 Å². The number of sulfonamides is 1. The second-order valence-corrected chi connectivity index (χ2v) is 7.36. The van der Waals surface area contributed by atoms with E-state index < -0.39 is 10.0 Å². The summed E-state index contributed by atoms with van der Waals surface area (Å²) >= 11 is 11.6. The number of nitrogens with zero attached hydrogens (tertiary/aromatic N) is 1. The maximum absolute atomic E-state index is 12.2. The molecule has 0 heterocycles. The van der Waals surface area contributed by atoms with Crippen LogP contribution in [0.4, 0.5) is 0 Å². The summed E-state index contributed by atoms with van der Waals surface area (Å²) < 4.78 is 26.6. The molecule has 1 N–H and O–H groups in total. The Kier molecular flexibility index (Phi) is 7.62. The van der Waals surface area contributed by atoms with E-state index in [1.54, 1.807) is 4.90 Å². The summed E-state index contributed by atoms with van der Waals surface area (Å²) in [4.78, 5) is 13.7. The van der Waals surface area contributed by atoms with Gasteiger partial charge in [-0.15, -0.1) is 0 Å². The summed E-state index contributed by atoms with van der Waals surface area (Å²) in [5.41, 5.74) is 0. The van der Waals surface area contributed by atoms with Gasteiger partial charge in [0.25, 0.3) is 0 Å². The number of benzene rings is 1. The molecule has 1 amide bonds. The third kappa shape index (κ3) is 5.43. The molecular formula is C14H20Cl2N2O3S. The number of rotatable bonds is 8. The molecule has 0 spiro atoms. The molecule has 1 aromatic rings. The van der Waals surface area contributed by atoms with Crippen molar-refractivity contribution in [2.45, 2.75) is 31.6 Å². The zero-order valence-electron chi connectivity index (χ0n) is 12.6. The molecule has 0 fully saturated rings. The maximum Gasteiger partial charge on any atom is 0.241 e. The van der Waals surface area contributed by atoms with Crippen molar-refractivity contribution in [2.24, 2.45) is 0 Å². The molecule has 0 aliphatic heterocycles. The molecule has 0 radical (unpaired) electrons. The quantitative estimate of drug-likeness (QED) is 0.768. The van der Waals surface area contributed by atoms with Crippen LogP contribution in [0.15, 0.2) is 23.1 Å².